The fraction of sp³-hybridized carbons (Fsp3) is 1.00. The minimum absolute atomic E-state index is 0.0810. The van der Waals surface area contributed by atoms with Crippen molar-refractivity contribution >= 4 is 0 Å². The zero-order valence-electron chi connectivity index (χ0n) is 14.0. The van der Waals surface area contributed by atoms with E-state index in [1.807, 2.05) is 0 Å². The van der Waals surface area contributed by atoms with Gasteiger partial charge in [0.05, 0.1) is 11.7 Å². The van der Waals surface area contributed by atoms with Crippen LogP contribution in [0.4, 0.5) is 0 Å². The number of hydrogen-bond acceptors (Lipinski definition) is 2. The van der Waals surface area contributed by atoms with Crippen LogP contribution in [0.3, 0.4) is 0 Å². The summed E-state index contributed by atoms with van der Waals surface area (Å²) >= 11 is 0. The second-order valence-corrected chi connectivity index (χ2v) is 9.34. The SMILES string of the molecule is C[C@@H]1CC[C@H]2C(C)(C)[C@@H]3C[C@@]12C[C@H]1OC(C)(C)O[C@]13C. The Hall–Kier alpha value is -0.0800. The summed E-state index contributed by atoms with van der Waals surface area (Å²) in [4.78, 5) is 0. The molecule has 0 aromatic rings. The third kappa shape index (κ3) is 1.34. The van der Waals surface area contributed by atoms with E-state index in [1.54, 1.807) is 0 Å². The van der Waals surface area contributed by atoms with Gasteiger partial charge >= 0.3 is 0 Å². The molecule has 4 rings (SSSR count). The average molecular weight is 278 g/mol. The molecule has 6 atom stereocenters. The smallest absolute Gasteiger partial charge is 0.164 e. The van der Waals surface area contributed by atoms with Crippen LogP contribution in [0.1, 0.15) is 67.2 Å². The molecular weight excluding hydrogens is 248 g/mol. The van der Waals surface area contributed by atoms with Crippen LogP contribution in [0.2, 0.25) is 0 Å². The van der Waals surface area contributed by atoms with Crippen molar-refractivity contribution in [1.82, 2.24) is 0 Å². The molecule has 3 aliphatic carbocycles. The first-order chi connectivity index (χ1) is 9.12. The highest BCUT2D eigenvalue weighted by atomic mass is 16.8. The Balaban J connectivity index is 1.82. The van der Waals surface area contributed by atoms with Gasteiger partial charge in [0.15, 0.2) is 5.79 Å². The highest BCUT2D eigenvalue weighted by molar-refractivity contribution is 5.21. The van der Waals surface area contributed by atoms with Crippen LogP contribution in [0, 0.1) is 28.6 Å². The Morgan fingerprint density at radius 1 is 0.900 bits per heavy atom. The number of rotatable bonds is 0. The predicted molar refractivity (Wildman–Crippen MR) is 79.3 cm³/mol. The molecule has 3 saturated carbocycles. The van der Waals surface area contributed by atoms with E-state index in [1.165, 1.54) is 25.7 Å². The number of hydrogen-bond donors (Lipinski definition) is 0. The number of ether oxygens (including phenoxy) is 2. The second-order valence-electron chi connectivity index (χ2n) is 9.34. The lowest BCUT2D eigenvalue weighted by atomic mass is 9.63. The standard InChI is InChI=1S/C18H30O2/c1-11-7-8-12-15(2,3)13-9-18(11,12)10-14-17(13,6)20-16(4,5)19-14/h11-14H,7-10H2,1-6H3/t11-,12+,13+,14-,17+,18-/m1/s1. The third-order valence-electron chi connectivity index (χ3n) is 7.73. The molecule has 1 aliphatic heterocycles. The lowest BCUT2D eigenvalue weighted by molar-refractivity contribution is -0.177. The molecule has 0 aromatic heterocycles. The molecule has 1 heterocycles. The lowest BCUT2D eigenvalue weighted by Crippen LogP contribution is -2.52. The molecule has 0 radical (unpaired) electrons. The van der Waals surface area contributed by atoms with Gasteiger partial charge in [-0.25, -0.2) is 0 Å². The maximum absolute atomic E-state index is 6.48. The van der Waals surface area contributed by atoms with Gasteiger partial charge in [-0.3, -0.25) is 0 Å². The Bertz CT molecular complexity index is 454. The van der Waals surface area contributed by atoms with Gasteiger partial charge in [0.1, 0.15) is 0 Å². The van der Waals surface area contributed by atoms with Crippen molar-refractivity contribution in [2.45, 2.75) is 84.7 Å². The fourth-order valence-electron chi connectivity index (χ4n) is 7.01. The van der Waals surface area contributed by atoms with Crippen molar-refractivity contribution in [3.63, 3.8) is 0 Å². The third-order valence-corrected chi connectivity index (χ3v) is 7.73. The van der Waals surface area contributed by atoms with Crippen LogP contribution in [-0.2, 0) is 9.47 Å². The highest BCUT2D eigenvalue weighted by Crippen LogP contribution is 2.75. The first-order valence-electron chi connectivity index (χ1n) is 8.50. The lowest BCUT2D eigenvalue weighted by Gasteiger charge is -2.47. The maximum atomic E-state index is 6.48. The van der Waals surface area contributed by atoms with E-state index in [0.29, 0.717) is 22.9 Å². The zero-order valence-corrected chi connectivity index (χ0v) is 14.0. The summed E-state index contributed by atoms with van der Waals surface area (Å²) in [7, 11) is 0. The topological polar surface area (TPSA) is 18.5 Å². The summed E-state index contributed by atoms with van der Waals surface area (Å²) < 4.78 is 12.8. The van der Waals surface area contributed by atoms with Gasteiger partial charge in [-0.2, -0.15) is 0 Å². The van der Waals surface area contributed by atoms with Gasteiger partial charge < -0.3 is 9.47 Å². The molecule has 0 unspecified atom stereocenters. The van der Waals surface area contributed by atoms with Crippen molar-refractivity contribution in [2.24, 2.45) is 28.6 Å². The Morgan fingerprint density at radius 3 is 2.30 bits per heavy atom. The predicted octanol–water partition coefficient (Wildman–Crippen LogP) is 4.38. The van der Waals surface area contributed by atoms with E-state index in [9.17, 15) is 0 Å². The van der Waals surface area contributed by atoms with Crippen LogP contribution >= 0.6 is 0 Å². The molecule has 1 spiro atoms. The van der Waals surface area contributed by atoms with E-state index in [0.717, 1.165) is 11.8 Å². The zero-order chi connectivity index (χ0) is 14.6. The van der Waals surface area contributed by atoms with Crippen molar-refractivity contribution in [3.8, 4) is 0 Å². The van der Waals surface area contributed by atoms with E-state index in [-0.39, 0.29) is 5.60 Å². The van der Waals surface area contributed by atoms with Crippen molar-refractivity contribution in [3.05, 3.63) is 0 Å². The normalized spacial score (nSPS) is 58.5. The first-order valence-corrected chi connectivity index (χ1v) is 8.50. The van der Waals surface area contributed by atoms with E-state index >= 15 is 0 Å². The van der Waals surface area contributed by atoms with Gasteiger partial charge in [-0.1, -0.05) is 20.8 Å². The van der Waals surface area contributed by atoms with Crippen LogP contribution in [-0.4, -0.2) is 17.5 Å². The molecule has 2 heteroatoms. The summed E-state index contributed by atoms with van der Waals surface area (Å²) in [5.41, 5.74) is 0.836. The highest BCUT2D eigenvalue weighted by Gasteiger charge is 2.73. The molecule has 0 N–H and O–H groups in total. The van der Waals surface area contributed by atoms with Crippen molar-refractivity contribution < 1.29 is 9.47 Å². The summed E-state index contributed by atoms with van der Waals surface area (Å²) in [6.45, 7) is 14.0. The van der Waals surface area contributed by atoms with Crippen LogP contribution in [0.15, 0.2) is 0 Å². The van der Waals surface area contributed by atoms with Gasteiger partial charge in [0.2, 0.25) is 0 Å². The summed E-state index contributed by atoms with van der Waals surface area (Å²) in [6, 6.07) is 0. The number of fused-ring (bicyclic) bond motifs is 3. The average Bonchev–Trinajstić information content (AvgIpc) is 2.80. The van der Waals surface area contributed by atoms with Crippen LogP contribution in [0.5, 0.6) is 0 Å². The molecular formula is C18H30O2. The van der Waals surface area contributed by atoms with Crippen molar-refractivity contribution in [1.29, 1.82) is 0 Å². The molecule has 20 heavy (non-hydrogen) atoms. The molecule has 4 aliphatic rings. The maximum Gasteiger partial charge on any atom is 0.164 e. The molecule has 0 aromatic carbocycles. The second kappa shape index (κ2) is 3.46. The van der Waals surface area contributed by atoms with Gasteiger partial charge in [0.25, 0.3) is 0 Å². The quantitative estimate of drug-likeness (QED) is 0.654. The Morgan fingerprint density at radius 2 is 1.60 bits per heavy atom. The largest absolute Gasteiger partial charge is 0.344 e. The first kappa shape index (κ1) is 13.6. The Kier molecular flexibility index (Phi) is 2.35. The molecule has 4 fully saturated rings. The van der Waals surface area contributed by atoms with Crippen LogP contribution < -0.4 is 0 Å². The summed E-state index contributed by atoms with van der Waals surface area (Å²) in [6.07, 6.45) is 5.70. The van der Waals surface area contributed by atoms with E-state index < -0.39 is 5.79 Å². The van der Waals surface area contributed by atoms with Gasteiger partial charge in [0, 0.05) is 0 Å². The summed E-state index contributed by atoms with van der Waals surface area (Å²) in [5.74, 6) is 1.96. The van der Waals surface area contributed by atoms with E-state index in [4.69, 9.17) is 9.47 Å². The van der Waals surface area contributed by atoms with Gasteiger partial charge in [-0.05, 0) is 75.0 Å². The van der Waals surface area contributed by atoms with Gasteiger partial charge in [-0.15, -0.1) is 0 Å². The van der Waals surface area contributed by atoms with Crippen LogP contribution in [0.25, 0.3) is 0 Å². The van der Waals surface area contributed by atoms with E-state index in [2.05, 4.69) is 41.5 Å². The summed E-state index contributed by atoms with van der Waals surface area (Å²) in [5, 5.41) is 0. The minimum atomic E-state index is -0.409. The fourth-order valence-corrected chi connectivity index (χ4v) is 7.01. The molecule has 1 saturated heterocycles. The molecule has 2 nitrogen and oxygen atoms in total. The van der Waals surface area contributed by atoms with Crippen molar-refractivity contribution in [2.75, 3.05) is 0 Å². The monoisotopic (exact) mass is 278 g/mol. The molecule has 0 amide bonds. The molecule has 2 bridgehead atoms. The minimum Gasteiger partial charge on any atom is -0.344 e. The Labute approximate surface area is 123 Å². The molecule has 114 valence electrons.